The highest BCUT2D eigenvalue weighted by Crippen LogP contribution is 2.20. The third-order valence-electron chi connectivity index (χ3n) is 2.78. The minimum atomic E-state index is -0.402. The van der Waals surface area contributed by atoms with Crippen LogP contribution in [0.2, 0.25) is 0 Å². The van der Waals surface area contributed by atoms with Gasteiger partial charge in [-0.1, -0.05) is 0 Å². The van der Waals surface area contributed by atoms with E-state index in [2.05, 4.69) is 15.5 Å². The lowest BCUT2D eigenvalue weighted by atomic mass is 10.1. The molecule has 19 heavy (non-hydrogen) atoms. The van der Waals surface area contributed by atoms with Crippen molar-refractivity contribution in [1.82, 2.24) is 20.2 Å². The summed E-state index contributed by atoms with van der Waals surface area (Å²) in [6.45, 7) is 1.13. The van der Waals surface area contributed by atoms with Crippen molar-refractivity contribution in [3.05, 3.63) is 47.8 Å². The molecule has 1 unspecified atom stereocenters. The monoisotopic (exact) mass is 265 g/mol. The van der Waals surface area contributed by atoms with Gasteiger partial charge >= 0.3 is 0 Å². The van der Waals surface area contributed by atoms with Crippen molar-refractivity contribution in [2.75, 3.05) is 13.7 Å². The molecule has 102 valence electrons. The maximum absolute atomic E-state index is 13.2. The number of hydrazine groups is 1. The second kappa shape index (κ2) is 6.37. The van der Waals surface area contributed by atoms with Gasteiger partial charge in [0.2, 0.25) is 0 Å². The minimum Gasteiger partial charge on any atom is -0.383 e. The van der Waals surface area contributed by atoms with Crippen LogP contribution >= 0.6 is 0 Å². The molecule has 0 aliphatic rings. The van der Waals surface area contributed by atoms with Gasteiger partial charge in [0.25, 0.3) is 0 Å². The number of aromatic nitrogens is 3. The molecule has 0 radical (unpaired) electrons. The lowest BCUT2D eigenvalue weighted by molar-refractivity contribution is 0.182. The van der Waals surface area contributed by atoms with Crippen LogP contribution in [0.15, 0.2) is 30.7 Å². The average molecular weight is 265 g/mol. The number of nitrogens with one attached hydrogen (secondary N) is 1. The summed E-state index contributed by atoms with van der Waals surface area (Å²) in [6, 6.07) is 2.85. The van der Waals surface area contributed by atoms with Gasteiger partial charge in [-0.2, -0.15) is 5.10 Å². The minimum absolute atomic E-state index is 0.373. The zero-order chi connectivity index (χ0) is 13.7. The van der Waals surface area contributed by atoms with Crippen LogP contribution in [0.5, 0.6) is 0 Å². The van der Waals surface area contributed by atoms with Gasteiger partial charge < -0.3 is 4.74 Å². The highest BCUT2D eigenvalue weighted by molar-refractivity contribution is 5.25. The summed E-state index contributed by atoms with van der Waals surface area (Å²) < 4.78 is 20.0. The molecule has 0 aliphatic heterocycles. The first-order chi connectivity index (χ1) is 9.26. The van der Waals surface area contributed by atoms with Crippen molar-refractivity contribution < 1.29 is 9.13 Å². The van der Waals surface area contributed by atoms with Gasteiger partial charge in [-0.05, 0) is 17.7 Å². The fraction of sp³-hybridized carbons (Fsp3) is 0.333. The highest BCUT2D eigenvalue weighted by Gasteiger charge is 2.17. The molecule has 2 heterocycles. The summed E-state index contributed by atoms with van der Waals surface area (Å²) in [7, 11) is 1.62. The lowest BCUT2D eigenvalue weighted by Crippen LogP contribution is -2.31. The molecule has 2 aromatic rings. The van der Waals surface area contributed by atoms with E-state index in [0.717, 1.165) is 11.9 Å². The Morgan fingerprint density at radius 1 is 1.53 bits per heavy atom. The number of halogens is 1. The summed E-state index contributed by atoms with van der Waals surface area (Å²) in [6.07, 6.45) is 4.39. The SMILES string of the molecule is COCCn1nccc1C(NN)c1cncc(F)c1. The van der Waals surface area contributed by atoms with Crippen molar-refractivity contribution in [3.8, 4) is 0 Å². The zero-order valence-electron chi connectivity index (χ0n) is 10.6. The van der Waals surface area contributed by atoms with E-state index >= 15 is 0 Å². The van der Waals surface area contributed by atoms with Crippen LogP contribution in [0.25, 0.3) is 0 Å². The number of methoxy groups -OCH3 is 1. The standard InChI is InChI=1S/C12H16FN5O/c1-19-5-4-18-11(2-3-16-18)12(17-14)9-6-10(13)8-15-7-9/h2-3,6-8,12,17H,4-5,14H2,1H3. The van der Waals surface area contributed by atoms with E-state index in [1.54, 1.807) is 24.2 Å². The number of nitrogens with two attached hydrogens (primary N) is 1. The summed E-state index contributed by atoms with van der Waals surface area (Å²) in [5, 5.41) is 4.20. The molecule has 0 saturated carbocycles. The van der Waals surface area contributed by atoms with Crippen LogP contribution in [-0.2, 0) is 11.3 Å². The van der Waals surface area contributed by atoms with E-state index in [9.17, 15) is 4.39 Å². The molecule has 0 aliphatic carbocycles. The Bertz CT molecular complexity index is 530. The Kier molecular flexibility index (Phi) is 4.56. The van der Waals surface area contributed by atoms with Crippen LogP contribution in [0.4, 0.5) is 4.39 Å². The van der Waals surface area contributed by atoms with E-state index in [-0.39, 0.29) is 6.04 Å². The quantitative estimate of drug-likeness (QED) is 0.591. The topological polar surface area (TPSA) is 78.0 Å². The van der Waals surface area contributed by atoms with Gasteiger partial charge in [0.05, 0.1) is 31.1 Å². The molecule has 6 nitrogen and oxygen atoms in total. The molecule has 1 atom stereocenters. The normalized spacial score (nSPS) is 12.6. The first-order valence-electron chi connectivity index (χ1n) is 5.83. The Labute approximate surface area is 110 Å². The number of hydrogen-bond donors (Lipinski definition) is 2. The first kappa shape index (κ1) is 13.6. The van der Waals surface area contributed by atoms with Gasteiger partial charge in [-0.3, -0.25) is 15.5 Å². The van der Waals surface area contributed by atoms with Gasteiger partial charge in [-0.15, -0.1) is 0 Å². The van der Waals surface area contributed by atoms with Gasteiger partial charge in [0.15, 0.2) is 0 Å². The Morgan fingerprint density at radius 2 is 2.37 bits per heavy atom. The second-order valence-electron chi connectivity index (χ2n) is 4.01. The van der Waals surface area contributed by atoms with Crippen LogP contribution < -0.4 is 11.3 Å². The highest BCUT2D eigenvalue weighted by atomic mass is 19.1. The van der Waals surface area contributed by atoms with E-state index in [1.165, 1.54) is 6.07 Å². The molecule has 0 bridgehead atoms. The molecule has 0 saturated heterocycles. The van der Waals surface area contributed by atoms with E-state index in [1.807, 2.05) is 6.07 Å². The van der Waals surface area contributed by atoms with Crippen LogP contribution in [0.3, 0.4) is 0 Å². The molecule has 0 spiro atoms. The molecule has 2 rings (SSSR count). The Balaban J connectivity index is 2.29. The molecule has 7 heteroatoms. The fourth-order valence-corrected chi connectivity index (χ4v) is 1.89. The number of nitrogens with zero attached hydrogens (tertiary/aromatic N) is 3. The van der Waals surface area contributed by atoms with Crippen LogP contribution in [0.1, 0.15) is 17.3 Å². The molecule has 0 fully saturated rings. The van der Waals surface area contributed by atoms with Crippen molar-refractivity contribution in [3.63, 3.8) is 0 Å². The molecule has 3 N–H and O–H groups in total. The summed E-state index contributed by atoms with van der Waals surface area (Å²) in [5.74, 6) is 5.17. The van der Waals surface area contributed by atoms with Gasteiger partial charge in [0, 0.05) is 19.5 Å². The van der Waals surface area contributed by atoms with Crippen molar-refractivity contribution in [1.29, 1.82) is 0 Å². The third kappa shape index (κ3) is 3.14. The number of pyridine rings is 1. The maximum atomic E-state index is 13.2. The zero-order valence-corrected chi connectivity index (χ0v) is 10.6. The Morgan fingerprint density at radius 3 is 3.05 bits per heavy atom. The maximum Gasteiger partial charge on any atom is 0.141 e. The van der Waals surface area contributed by atoms with E-state index < -0.39 is 5.82 Å². The number of hydrogen-bond acceptors (Lipinski definition) is 5. The predicted molar refractivity (Wildman–Crippen MR) is 67.5 cm³/mol. The molecule has 0 amide bonds. The third-order valence-corrected chi connectivity index (χ3v) is 2.78. The summed E-state index contributed by atoms with van der Waals surface area (Å²) in [5.41, 5.74) is 4.12. The van der Waals surface area contributed by atoms with Gasteiger partial charge in [0.1, 0.15) is 5.82 Å². The first-order valence-corrected chi connectivity index (χ1v) is 5.83. The Hall–Kier alpha value is -1.83. The van der Waals surface area contributed by atoms with Crippen molar-refractivity contribution in [2.45, 2.75) is 12.6 Å². The average Bonchev–Trinajstić information content (AvgIpc) is 2.86. The second-order valence-corrected chi connectivity index (χ2v) is 4.01. The van der Waals surface area contributed by atoms with Crippen molar-refractivity contribution >= 4 is 0 Å². The number of ether oxygens (including phenoxy) is 1. The predicted octanol–water partition coefficient (Wildman–Crippen LogP) is 0.616. The smallest absolute Gasteiger partial charge is 0.141 e. The molecule has 2 aromatic heterocycles. The fourth-order valence-electron chi connectivity index (χ4n) is 1.89. The largest absolute Gasteiger partial charge is 0.383 e. The summed E-state index contributed by atoms with van der Waals surface area (Å²) >= 11 is 0. The molecular weight excluding hydrogens is 249 g/mol. The van der Waals surface area contributed by atoms with Gasteiger partial charge in [-0.25, -0.2) is 9.82 Å². The van der Waals surface area contributed by atoms with E-state index in [0.29, 0.717) is 18.7 Å². The number of rotatable bonds is 6. The van der Waals surface area contributed by atoms with E-state index in [4.69, 9.17) is 10.6 Å². The van der Waals surface area contributed by atoms with Crippen LogP contribution in [-0.4, -0.2) is 28.5 Å². The lowest BCUT2D eigenvalue weighted by Gasteiger charge is -2.17. The molecule has 0 aromatic carbocycles. The van der Waals surface area contributed by atoms with Crippen molar-refractivity contribution in [2.24, 2.45) is 5.84 Å². The summed E-state index contributed by atoms with van der Waals surface area (Å²) in [4.78, 5) is 3.83. The molecular formula is C12H16FN5O. The van der Waals surface area contributed by atoms with Crippen LogP contribution in [0, 0.1) is 5.82 Å².